The van der Waals surface area contributed by atoms with Crippen LogP contribution >= 0.6 is 0 Å². The summed E-state index contributed by atoms with van der Waals surface area (Å²) < 4.78 is 0. The first-order valence-corrected chi connectivity index (χ1v) is 5.75. The van der Waals surface area contributed by atoms with Crippen LogP contribution in [0.25, 0.3) is 5.69 Å². The summed E-state index contributed by atoms with van der Waals surface area (Å²) in [5.74, 6) is 0. The van der Waals surface area contributed by atoms with Crippen LogP contribution in [0.1, 0.15) is 5.69 Å². The van der Waals surface area contributed by atoms with E-state index in [9.17, 15) is 0 Å². The molecule has 2 N–H and O–H groups in total. The summed E-state index contributed by atoms with van der Waals surface area (Å²) in [6, 6.07) is 12.0. The average molecular weight is 239 g/mol. The largest absolute Gasteiger partial charge is 0.379 e. The van der Waals surface area contributed by atoms with Crippen LogP contribution in [0, 0.1) is 0 Å². The molecule has 3 aromatic rings. The van der Waals surface area contributed by atoms with Gasteiger partial charge in [-0.05, 0) is 36.4 Å². The molecule has 0 amide bonds. The maximum atomic E-state index is 4.08. The molecule has 0 bridgehead atoms. The standard InChI is InChI=1S/C13H13N5/c1-2-12(14-7-1)10-15-11-3-5-13(6-4-11)18-16-8-9-17-18/h1-9,14-15H,10H2. The Morgan fingerprint density at radius 1 is 1.06 bits per heavy atom. The predicted molar refractivity (Wildman–Crippen MR) is 69.5 cm³/mol. The van der Waals surface area contributed by atoms with Gasteiger partial charge in [0, 0.05) is 17.6 Å². The number of hydrogen-bond donors (Lipinski definition) is 2. The molecule has 3 rings (SSSR count). The summed E-state index contributed by atoms with van der Waals surface area (Å²) in [4.78, 5) is 4.75. The lowest BCUT2D eigenvalue weighted by Gasteiger charge is -2.06. The Labute approximate surface area is 104 Å². The van der Waals surface area contributed by atoms with Crippen LogP contribution in [0.15, 0.2) is 55.0 Å². The minimum atomic E-state index is 0.784. The molecule has 5 heteroatoms. The number of anilines is 1. The fraction of sp³-hybridized carbons (Fsp3) is 0.0769. The van der Waals surface area contributed by atoms with Crippen LogP contribution in [0.3, 0.4) is 0 Å². The van der Waals surface area contributed by atoms with Gasteiger partial charge in [0.1, 0.15) is 0 Å². The highest BCUT2D eigenvalue weighted by molar-refractivity contribution is 5.48. The molecule has 0 aliphatic carbocycles. The Morgan fingerprint density at radius 3 is 2.50 bits per heavy atom. The van der Waals surface area contributed by atoms with E-state index in [0.29, 0.717) is 0 Å². The van der Waals surface area contributed by atoms with Crippen LogP contribution in [0.5, 0.6) is 0 Å². The van der Waals surface area contributed by atoms with E-state index in [1.165, 1.54) is 0 Å². The van der Waals surface area contributed by atoms with E-state index in [0.717, 1.165) is 23.6 Å². The van der Waals surface area contributed by atoms with E-state index in [-0.39, 0.29) is 0 Å². The third kappa shape index (κ3) is 2.24. The normalized spacial score (nSPS) is 10.4. The first-order valence-electron chi connectivity index (χ1n) is 5.75. The molecule has 5 nitrogen and oxygen atoms in total. The molecule has 0 spiro atoms. The molecule has 0 fully saturated rings. The molecule has 0 atom stereocenters. The molecule has 0 radical (unpaired) electrons. The Bertz CT molecular complexity index is 581. The van der Waals surface area contributed by atoms with Crippen LogP contribution in [0.2, 0.25) is 0 Å². The highest BCUT2D eigenvalue weighted by atomic mass is 15.5. The van der Waals surface area contributed by atoms with Crippen molar-refractivity contribution in [3.63, 3.8) is 0 Å². The van der Waals surface area contributed by atoms with Crippen LogP contribution in [-0.2, 0) is 6.54 Å². The van der Waals surface area contributed by atoms with Crippen molar-refractivity contribution in [2.75, 3.05) is 5.32 Å². The Morgan fingerprint density at radius 2 is 1.83 bits per heavy atom. The van der Waals surface area contributed by atoms with Gasteiger partial charge in [0.05, 0.1) is 24.6 Å². The minimum absolute atomic E-state index is 0.784. The molecule has 18 heavy (non-hydrogen) atoms. The SMILES string of the molecule is c1c[nH]c(CNc2ccc(-n3nccn3)cc2)c1. The molecule has 2 aromatic heterocycles. The highest BCUT2D eigenvalue weighted by Crippen LogP contribution is 2.12. The van der Waals surface area contributed by atoms with Crippen molar-refractivity contribution in [2.45, 2.75) is 6.54 Å². The van der Waals surface area contributed by atoms with Gasteiger partial charge >= 0.3 is 0 Å². The fourth-order valence-corrected chi connectivity index (χ4v) is 1.74. The number of benzene rings is 1. The zero-order valence-electron chi connectivity index (χ0n) is 9.74. The summed E-state index contributed by atoms with van der Waals surface area (Å²) in [6.07, 6.45) is 5.25. The summed E-state index contributed by atoms with van der Waals surface area (Å²) in [6.45, 7) is 0.784. The number of nitrogens with one attached hydrogen (secondary N) is 2. The van der Waals surface area contributed by atoms with Gasteiger partial charge in [0.15, 0.2) is 0 Å². The lowest BCUT2D eigenvalue weighted by Crippen LogP contribution is -2.01. The van der Waals surface area contributed by atoms with E-state index in [2.05, 4.69) is 26.6 Å². The van der Waals surface area contributed by atoms with E-state index in [1.807, 2.05) is 36.5 Å². The van der Waals surface area contributed by atoms with Gasteiger partial charge in [-0.2, -0.15) is 15.0 Å². The van der Waals surface area contributed by atoms with Gasteiger partial charge in [-0.25, -0.2) is 0 Å². The molecule has 1 aromatic carbocycles. The number of rotatable bonds is 4. The van der Waals surface area contributed by atoms with Gasteiger partial charge < -0.3 is 10.3 Å². The van der Waals surface area contributed by atoms with Crippen molar-refractivity contribution in [2.24, 2.45) is 0 Å². The zero-order valence-corrected chi connectivity index (χ0v) is 9.74. The molecule has 0 saturated heterocycles. The van der Waals surface area contributed by atoms with E-state index in [1.54, 1.807) is 17.2 Å². The Hall–Kier alpha value is -2.56. The third-order valence-corrected chi connectivity index (χ3v) is 2.66. The van der Waals surface area contributed by atoms with Gasteiger partial charge in [-0.15, -0.1) is 0 Å². The second kappa shape index (κ2) is 4.75. The molecule has 0 aliphatic rings. The summed E-state index contributed by atoms with van der Waals surface area (Å²) in [7, 11) is 0. The Kier molecular flexibility index (Phi) is 2.79. The van der Waals surface area contributed by atoms with Gasteiger partial charge in [-0.1, -0.05) is 0 Å². The molecule has 0 aliphatic heterocycles. The predicted octanol–water partition coefficient (Wildman–Crippen LogP) is 2.21. The molecule has 0 saturated carbocycles. The summed E-state index contributed by atoms with van der Waals surface area (Å²) >= 11 is 0. The van der Waals surface area contributed by atoms with E-state index in [4.69, 9.17) is 0 Å². The Balaban J connectivity index is 1.68. The van der Waals surface area contributed by atoms with Crippen molar-refractivity contribution in [1.82, 2.24) is 20.0 Å². The summed E-state index contributed by atoms with van der Waals surface area (Å²) in [5, 5.41) is 11.5. The van der Waals surface area contributed by atoms with Crippen molar-refractivity contribution in [3.05, 3.63) is 60.7 Å². The first-order chi connectivity index (χ1) is 8.92. The number of hydrogen-bond acceptors (Lipinski definition) is 3. The molecule has 90 valence electrons. The maximum Gasteiger partial charge on any atom is 0.0858 e. The minimum Gasteiger partial charge on any atom is -0.379 e. The van der Waals surface area contributed by atoms with Crippen molar-refractivity contribution in [3.8, 4) is 5.69 Å². The quantitative estimate of drug-likeness (QED) is 0.733. The second-order valence-corrected chi connectivity index (χ2v) is 3.91. The van der Waals surface area contributed by atoms with Crippen LogP contribution < -0.4 is 5.32 Å². The number of aromatic amines is 1. The molecule has 0 unspecified atom stereocenters. The molecular weight excluding hydrogens is 226 g/mol. The van der Waals surface area contributed by atoms with E-state index < -0.39 is 0 Å². The van der Waals surface area contributed by atoms with Gasteiger partial charge in [0.25, 0.3) is 0 Å². The number of H-pyrrole nitrogens is 1. The van der Waals surface area contributed by atoms with Crippen molar-refractivity contribution in [1.29, 1.82) is 0 Å². The lowest BCUT2D eigenvalue weighted by molar-refractivity contribution is 0.752. The topological polar surface area (TPSA) is 58.5 Å². The number of nitrogens with zero attached hydrogens (tertiary/aromatic N) is 3. The van der Waals surface area contributed by atoms with Crippen LogP contribution in [0.4, 0.5) is 5.69 Å². The van der Waals surface area contributed by atoms with Crippen molar-refractivity contribution < 1.29 is 0 Å². The molecule has 2 heterocycles. The van der Waals surface area contributed by atoms with Crippen LogP contribution in [-0.4, -0.2) is 20.0 Å². The van der Waals surface area contributed by atoms with Crippen molar-refractivity contribution >= 4 is 5.69 Å². The molecular formula is C13H13N5. The smallest absolute Gasteiger partial charge is 0.0858 e. The monoisotopic (exact) mass is 239 g/mol. The highest BCUT2D eigenvalue weighted by Gasteiger charge is 1.98. The summed E-state index contributed by atoms with van der Waals surface area (Å²) in [5.41, 5.74) is 3.18. The maximum absolute atomic E-state index is 4.08. The average Bonchev–Trinajstić information content (AvgIpc) is 3.10. The van der Waals surface area contributed by atoms with Gasteiger partial charge in [-0.3, -0.25) is 0 Å². The fourth-order valence-electron chi connectivity index (χ4n) is 1.74. The third-order valence-electron chi connectivity index (χ3n) is 2.66. The van der Waals surface area contributed by atoms with Gasteiger partial charge in [0.2, 0.25) is 0 Å². The first kappa shape index (κ1) is 10.6. The second-order valence-electron chi connectivity index (χ2n) is 3.91. The zero-order chi connectivity index (χ0) is 12.2. The lowest BCUT2D eigenvalue weighted by atomic mass is 10.3. The number of aromatic nitrogens is 4. The van der Waals surface area contributed by atoms with E-state index >= 15 is 0 Å².